The number of halogens is 1. The molecule has 0 unspecified atom stereocenters. The van der Waals surface area contributed by atoms with Gasteiger partial charge in [-0.25, -0.2) is 4.98 Å². The molecule has 3 rings (SSSR count). The topological polar surface area (TPSA) is 47.8 Å². The molecule has 0 amide bonds. The average molecular weight is 328 g/mol. The highest BCUT2D eigenvalue weighted by atomic mass is 79.9. The Morgan fingerprint density at radius 2 is 1.75 bits per heavy atom. The maximum Gasteiger partial charge on any atom is 0.270 e. The molecule has 0 atom stereocenters. The van der Waals surface area contributed by atoms with Gasteiger partial charge in [0.25, 0.3) is 5.56 Å². The predicted octanol–water partition coefficient (Wildman–Crippen LogP) is 3.06. The first-order valence-electron chi connectivity index (χ1n) is 6.01. The van der Waals surface area contributed by atoms with Crippen molar-refractivity contribution in [3.8, 4) is 17.1 Å². The van der Waals surface area contributed by atoms with Crippen molar-refractivity contribution < 1.29 is 0 Å². The van der Waals surface area contributed by atoms with E-state index in [9.17, 15) is 4.79 Å². The van der Waals surface area contributed by atoms with E-state index in [-0.39, 0.29) is 5.56 Å². The SMILES string of the molecule is O=c1c(Br)cc(-c2ccccn2)cn1-c1ccccn1. The van der Waals surface area contributed by atoms with Crippen LogP contribution in [0, 0.1) is 0 Å². The van der Waals surface area contributed by atoms with Crippen molar-refractivity contribution in [2.75, 3.05) is 0 Å². The van der Waals surface area contributed by atoms with E-state index in [1.165, 1.54) is 4.57 Å². The third-order valence-electron chi connectivity index (χ3n) is 2.83. The summed E-state index contributed by atoms with van der Waals surface area (Å²) in [4.78, 5) is 20.7. The van der Waals surface area contributed by atoms with Gasteiger partial charge in [-0.2, -0.15) is 0 Å². The van der Waals surface area contributed by atoms with Crippen LogP contribution in [0.5, 0.6) is 0 Å². The van der Waals surface area contributed by atoms with Gasteiger partial charge in [0, 0.05) is 24.2 Å². The second kappa shape index (κ2) is 5.38. The van der Waals surface area contributed by atoms with Crippen molar-refractivity contribution in [2.24, 2.45) is 0 Å². The van der Waals surface area contributed by atoms with Crippen molar-refractivity contribution in [3.05, 3.63) is 75.9 Å². The summed E-state index contributed by atoms with van der Waals surface area (Å²) in [5.41, 5.74) is 1.50. The summed E-state index contributed by atoms with van der Waals surface area (Å²) >= 11 is 3.30. The summed E-state index contributed by atoms with van der Waals surface area (Å²) in [5, 5.41) is 0. The van der Waals surface area contributed by atoms with Crippen LogP contribution in [-0.4, -0.2) is 14.5 Å². The van der Waals surface area contributed by atoms with Crippen LogP contribution in [0.4, 0.5) is 0 Å². The Hall–Kier alpha value is -2.27. The zero-order chi connectivity index (χ0) is 13.9. The summed E-state index contributed by atoms with van der Waals surface area (Å²) in [7, 11) is 0. The smallest absolute Gasteiger partial charge is 0.268 e. The fourth-order valence-electron chi connectivity index (χ4n) is 1.89. The van der Waals surface area contributed by atoms with Gasteiger partial charge in [-0.05, 0) is 46.3 Å². The number of rotatable bonds is 2. The number of nitrogens with zero attached hydrogens (tertiary/aromatic N) is 3. The molecule has 3 heterocycles. The molecule has 0 radical (unpaired) electrons. The summed E-state index contributed by atoms with van der Waals surface area (Å²) < 4.78 is 1.99. The molecule has 20 heavy (non-hydrogen) atoms. The van der Waals surface area contributed by atoms with E-state index in [0.717, 1.165) is 11.3 Å². The summed E-state index contributed by atoms with van der Waals surface area (Å²) in [5.74, 6) is 0.580. The molecule has 0 aromatic carbocycles. The minimum absolute atomic E-state index is 0.150. The first-order valence-corrected chi connectivity index (χ1v) is 6.80. The van der Waals surface area contributed by atoms with E-state index < -0.39 is 0 Å². The normalized spacial score (nSPS) is 10.4. The van der Waals surface area contributed by atoms with Gasteiger partial charge in [0.2, 0.25) is 0 Å². The first kappa shape index (κ1) is 12.7. The molecule has 3 aromatic heterocycles. The van der Waals surface area contributed by atoms with Crippen LogP contribution in [0.2, 0.25) is 0 Å². The van der Waals surface area contributed by atoms with Gasteiger partial charge in [0.15, 0.2) is 0 Å². The zero-order valence-electron chi connectivity index (χ0n) is 10.4. The van der Waals surface area contributed by atoms with Gasteiger partial charge in [-0.1, -0.05) is 12.1 Å². The predicted molar refractivity (Wildman–Crippen MR) is 80.8 cm³/mol. The molecule has 3 aromatic rings. The largest absolute Gasteiger partial charge is 0.270 e. The number of aromatic nitrogens is 3. The Morgan fingerprint density at radius 3 is 2.40 bits per heavy atom. The summed E-state index contributed by atoms with van der Waals surface area (Å²) in [6.45, 7) is 0. The molecule has 5 heteroatoms. The lowest BCUT2D eigenvalue weighted by atomic mass is 10.2. The molecule has 0 aliphatic carbocycles. The van der Waals surface area contributed by atoms with Crippen molar-refractivity contribution >= 4 is 15.9 Å². The Morgan fingerprint density at radius 1 is 1.00 bits per heavy atom. The van der Waals surface area contributed by atoms with Crippen LogP contribution >= 0.6 is 15.9 Å². The minimum Gasteiger partial charge on any atom is -0.268 e. The molecular formula is C15H10BrN3O. The molecule has 0 N–H and O–H groups in total. The lowest BCUT2D eigenvalue weighted by Gasteiger charge is -2.08. The fraction of sp³-hybridized carbons (Fsp3) is 0. The molecule has 98 valence electrons. The molecule has 4 nitrogen and oxygen atoms in total. The van der Waals surface area contributed by atoms with Crippen LogP contribution in [0.1, 0.15) is 0 Å². The van der Waals surface area contributed by atoms with Crippen LogP contribution in [0.25, 0.3) is 17.1 Å². The van der Waals surface area contributed by atoms with Gasteiger partial charge in [-0.15, -0.1) is 0 Å². The van der Waals surface area contributed by atoms with E-state index in [0.29, 0.717) is 10.3 Å². The van der Waals surface area contributed by atoms with E-state index in [2.05, 4.69) is 25.9 Å². The average Bonchev–Trinajstić information content (AvgIpc) is 2.51. The third-order valence-corrected chi connectivity index (χ3v) is 3.40. The maximum absolute atomic E-state index is 12.2. The van der Waals surface area contributed by atoms with Crippen molar-refractivity contribution in [3.63, 3.8) is 0 Å². The molecule has 0 aliphatic heterocycles. The Balaban J connectivity index is 2.22. The summed E-state index contributed by atoms with van der Waals surface area (Å²) in [6, 6.07) is 12.9. The zero-order valence-corrected chi connectivity index (χ0v) is 12.0. The number of hydrogen-bond donors (Lipinski definition) is 0. The molecule has 0 aliphatic rings. The van der Waals surface area contributed by atoms with Gasteiger partial charge in [0.05, 0.1) is 10.2 Å². The second-order valence-electron chi connectivity index (χ2n) is 4.15. The molecular weight excluding hydrogens is 318 g/mol. The molecule has 0 saturated carbocycles. The van der Waals surface area contributed by atoms with Gasteiger partial charge in [-0.3, -0.25) is 14.3 Å². The monoisotopic (exact) mass is 327 g/mol. The number of pyridine rings is 3. The van der Waals surface area contributed by atoms with Crippen LogP contribution in [-0.2, 0) is 0 Å². The Labute approximate surface area is 123 Å². The first-order chi connectivity index (χ1) is 9.75. The Kier molecular flexibility index (Phi) is 3.43. The third kappa shape index (κ3) is 2.40. The molecule has 0 bridgehead atoms. The van der Waals surface area contributed by atoms with E-state index in [1.807, 2.05) is 30.3 Å². The fourth-order valence-corrected chi connectivity index (χ4v) is 2.33. The highest BCUT2D eigenvalue weighted by molar-refractivity contribution is 9.10. The van der Waals surface area contributed by atoms with Crippen LogP contribution in [0.3, 0.4) is 0 Å². The molecule has 0 saturated heterocycles. The van der Waals surface area contributed by atoms with Crippen LogP contribution < -0.4 is 5.56 Å². The van der Waals surface area contributed by atoms with Crippen molar-refractivity contribution in [2.45, 2.75) is 0 Å². The summed E-state index contributed by atoms with van der Waals surface area (Å²) in [6.07, 6.45) is 5.13. The molecule has 0 fully saturated rings. The van der Waals surface area contributed by atoms with E-state index in [1.54, 1.807) is 30.7 Å². The van der Waals surface area contributed by atoms with Crippen molar-refractivity contribution in [1.29, 1.82) is 0 Å². The highest BCUT2D eigenvalue weighted by Crippen LogP contribution is 2.19. The van der Waals surface area contributed by atoms with E-state index in [4.69, 9.17) is 0 Å². The van der Waals surface area contributed by atoms with Gasteiger partial charge in [0.1, 0.15) is 5.82 Å². The van der Waals surface area contributed by atoms with Crippen molar-refractivity contribution in [1.82, 2.24) is 14.5 Å². The van der Waals surface area contributed by atoms with E-state index >= 15 is 0 Å². The standard InChI is InChI=1S/C15H10BrN3O/c16-12-9-11(13-5-1-3-7-17-13)10-19(15(12)20)14-6-2-4-8-18-14/h1-10H. The maximum atomic E-state index is 12.2. The lowest BCUT2D eigenvalue weighted by Crippen LogP contribution is -2.19. The number of hydrogen-bond acceptors (Lipinski definition) is 3. The minimum atomic E-state index is -0.150. The van der Waals surface area contributed by atoms with Gasteiger partial charge < -0.3 is 0 Å². The highest BCUT2D eigenvalue weighted by Gasteiger charge is 2.08. The van der Waals surface area contributed by atoms with Gasteiger partial charge >= 0.3 is 0 Å². The molecule has 0 spiro atoms. The Bertz CT molecular complexity index is 785. The van der Waals surface area contributed by atoms with Crippen LogP contribution in [0.15, 0.2) is 70.3 Å². The quantitative estimate of drug-likeness (QED) is 0.726. The lowest BCUT2D eigenvalue weighted by molar-refractivity contribution is 0.934. The second-order valence-corrected chi connectivity index (χ2v) is 5.01.